The lowest BCUT2D eigenvalue weighted by Gasteiger charge is -2.26. The molecule has 2 aromatic rings. The van der Waals surface area contributed by atoms with Crippen molar-refractivity contribution in [3.63, 3.8) is 0 Å². The lowest BCUT2D eigenvalue weighted by atomic mass is 10.0. The number of rotatable bonds is 3. The van der Waals surface area contributed by atoms with Gasteiger partial charge in [0.2, 0.25) is 0 Å². The van der Waals surface area contributed by atoms with E-state index in [2.05, 4.69) is 66.9 Å². The van der Waals surface area contributed by atoms with Gasteiger partial charge in [0.25, 0.3) is 0 Å². The van der Waals surface area contributed by atoms with E-state index in [1.54, 1.807) is 0 Å². The van der Waals surface area contributed by atoms with Crippen LogP contribution >= 0.6 is 0 Å². The third kappa shape index (κ3) is 2.34. The minimum atomic E-state index is 0.370. The molecule has 1 atom stereocenters. The number of hydrogen-bond acceptors (Lipinski definition) is 1. The Hall–Kier alpha value is -1.86. The van der Waals surface area contributed by atoms with Crippen molar-refractivity contribution in [2.75, 3.05) is 0 Å². The van der Waals surface area contributed by atoms with Crippen LogP contribution in [0.3, 0.4) is 0 Å². The molecule has 0 aromatic heterocycles. The van der Waals surface area contributed by atoms with Crippen molar-refractivity contribution in [3.8, 4) is 0 Å². The molecule has 2 aromatic carbocycles. The normalized spacial score (nSPS) is 16.1. The third-order valence-electron chi connectivity index (χ3n) is 4.06. The van der Waals surface area contributed by atoms with Crippen LogP contribution in [0.15, 0.2) is 61.2 Å². The second-order valence-corrected chi connectivity index (χ2v) is 5.24. The summed E-state index contributed by atoms with van der Waals surface area (Å²) in [7, 11) is 0. The molecule has 0 saturated carbocycles. The van der Waals surface area contributed by atoms with Crippen LogP contribution in [0.1, 0.15) is 23.6 Å². The van der Waals surface area contributed by atoms with Crippen molar-refractivity contribution in [2.45, 2.75) is 26.1 Å². The van der Waals surface area contributed by atoms with Crippen molar-refractivity contribution in [1.29, 1.82) is 0 Å². The molecule has 1 nitrogen and oxygen atoms in total. The first kappa shape index (κ1) is 12.2. The number of hydrogen-bond donors (Lipinski definition) is 0. The number of benzene rings is 2. The quantitative estimate of drug-likeness (QED) is 0.791. The standard InChI is InChI=1S/C18H19N/c1-14(16-8-4-3-5-9-16)15(2)19-12-17-10-6-7-11-18(17)13-19/h3-11,15H,1,12-13H2,2H3. The maximum Gasteiger partial charge on any atom is 0.0327 e. The summed E-state index contributed by atoms with van der Waals surface area (Å²) in [4.78, 5) is 2.49. The Morgan fingerprint density at radius 1 is 0.947 bits per heavy atom. The predicted molar refractivity (Wildman–Crippen MR) is 80.6 cm³/mol. The van der Waals surface area contributed by atoms with Crippen LogP contribution in [0.25, 0.3) is 5.57 Å². The molecule has 0 radical (unpaired) electrons. The zero-order valence-electron chi connectivity index (χ0n) is 11.3. The molecule has 1 heteroatoms. The fourth-order valence-electron chi connectivity index (χ4n) is 2.75. The molecule has 0 fully saturated rings. The van der Waals surface area contributed by atoms with E-state index in [-0.39, 0.29) is 0 Å². The van der Waals surface area contributed by atoms with Crippen LogP contribution in [-0.4, -0.2) is 10.9 Å². The van der Waals surface area contributed by atoms with Crippen molar-refractivity contribution in [1.82, 2.24) is 4.90 Å². The van der Waals surface area contributed by atoms with E-state index in [4.69, 9.17) is 0 Å². The summed E-state index contributed by atoms with van der Waals surface area (Å²) in [6.45, 7) is 8.60. The Morgan fingerprint density at radius 2 is 1.47 bits per heavy atom. The minimum absolute atomic E-state index is 0.370. The largest absolute Gasteiger partial charge is 0.288 e. The van der Waals surface area contributed by atoms with Crippen LogP contribution in [-0.2, 0) is 13.1 Å². The van der Waals surface area contributed by atoms with Gasteiger partial charge in [-0.1, -0.05) is 61.2 Å². The van der Waals surface area contributed by atoms with Crippen LogP contribution in [0.4, 0.5) is 0 Å². The summed E-state index contributed by atoms with van der Waals surface area (Å²) in [5, 5.41) is 0. The summed E-state index contributed by atoms with van der Waals surface area (Å²) >= 11 is 0. The summed E-state index contributed by atoms with van der Waals surface area (Å²) in [6.07, 6.45) is 0. The molecular weight excluding hydrogens is 230 g/mol. The predicted octanol–water partition coefficient (Wildman–Crippen LogP) is 4.10. The van der Waals surface area contributed by atoms with Gasteiger partial charge < -0.3 is 0 Å². The maximum atomic E-state index is 4.29. The first-order valence-electron chi connectivity index (χ1n) is 6.81. The highest BCUT2D eigenvalue weighted by atomic mass is 15.2. The first-order chi connectivity index (χ1) is 9.25. The molecule has 0 N–H and O–H groups in total. The minimum Gasteiger partial charge on any atom is -0.288 e. The average Bonchev–Trinajstić information content (AvgIpc) is 2.90. The van der Waals surface area contributed by atoms with E-state index in [1.807, 2.05) is 6.07 Å². The van der Waals surface area contributed by atoms with Gasteiger partial charge in [-0.3, -0.25) is 4.90 Å². The molecule has 1 aliphatic heterocycles. The van der Waals surface area contributed by atoms with Gasteiger partial charge in [-0.15, -0.1) is 0 Å². The lowest BCUT2D eigenvalue weighted by Crippen LogP contribution is -2.28. The van der Waals surface area contributed by atoms with Crippen molar-refractivity contribution >= 4 is 5.57 Å². The molecule has 1 unspecified atom stereocenters. The Morgan fingerprint density at radius 3 is 2.05 bits per heavy atom. The maximum absolute atomic E-state index is 4.29. The third-order valence-corrected chi connectivity index (χ3v) is 4.06. The summed E-state index contributed by atoms with van der Waals surface area (Å²) in [6, 6.07) is 19.6. The van der Waals surface area contributed by atoms with E-state index in [1.165, 1.54) is 22.3 Å². The van der Waals surface area contributed by atoms with Gasteiger partial charge in [0, 0.05) is 19.1 Å². The highest BCUT2D eigenvalue weighted by Crippen LogP contribution is 2.29. The highest BCUT2D eigenvalue weighted by molar-refractivity contribution is 5.67. The molecule has 0 amide bonds. The fourth-order valence-corrected chi connectivity index (χ4v) is 2.75. The monoisotopic (exact) mass is 249 g/mol. The van der Waals surface area contributed by atoms with E-state index in [9.17, 15) is 0 Å². The van der Waals surface area contributed by atoms with Gasteiger partial charge in [-0.2, -0.15) is 0 Å². The second kappa shape index (κ2) is 5.02. The van der Waals surface area contributed by atoms with E-state index < -0.39 is 0 Å². The van der Waals surface area contributed by atoms with Crippen LogP contribution in [0.5, 0.6) is 0 Å². The lowest BCUT2D eigenvalue weighted by molar-refractivity contribution is 0.255. The SMILES string of the molecule is C=C(c1ccccc1)C(C)N1Cc2ccccc2C1. The zero-order valence-corrected chi connectivity index (χ0v) is 11.3. The Labute approximate surface area is 115 Å². The smallest absolute Gasteiger partial charge is 0.0327 e. The molecule has 0 spiro atoms. The van der Waals surface area contributed by atoms with Crippen molar-refractivity contribution in [2.24, 2.45) is 0 Å². The van der Waals surface area contributed by atoms with Gasteiger partial charge in [0.05, 0.1) is 0 Å². The van der Waals surface area contributed by atoms with Crippen LogP contribution in [0, 0.1) is 0 Å². The second-order valence-electron chi connectivity index (χ2n) is 5.24. The van der Waals surface area contributed by atoms with Gasteiger partial charge in [-0.25, -0.2) is 0 Å². The van der Waals surface area contributed by atoms with E-state index in [0.717, 1.165) is 13.1 Å². The molecule has 1 heterocycles. The number of fused-ring (bicyclic) bond motifs is 1. The molecule has 0 saturated heterocycles. The topological polar surface area (TPSA) is 3.24 Å². The van der Waals surface area contributed by atoms with Gasteiger partial charge in [0.1, 0.15) is 0 Å². The summed E-state index contributed by atoms with van der Waals surface area (Å²) in [5.74, 6) is 0. The Kier molecular flexibility index (Phi) is 3.22. The number of nitrogens with zero attached hydrogens (tertiary/aromatic N) is 1. The molecule has 19 heavy (non-hydrogen) atoms. The van der Waals surface area contributed by atoms with Crippen molar-refractivity contribution < 1.29 is 0 Å². The zero-order chi connectivity index (χ0) is 13.2. The van der Waals surface area contributed by atoms with Gasteiger partial charge >= 0.3 is 0 Å². The molecular formula is C18H19N. The average molecular weight is 249 g/mol. The molecule has 96 valence electrons. The van der Waals surface area contributed by atoms with Crippen LogP contribution < -0.4 is 0 Å². The summed E-state index contributed by atoms with van der Waals surface area (Å²) in [5.41, 5.74) is 5.35. The van der Waals surface area contributed by atoms with E-state index in [0.29, 0.717) is 6.04 Å². The van der Waals surface area contributed by atoms with Gasteiger partial charge in [0.15, 0.2) is 0 Å². The Bertz CT molecular complexity index is 561. The molecule has 0 bridgehead atoms. The molecule has 1 aliphatic rings. The highest BCUT2D eigenvalue weighted by Gasteiger charge is 2.24. The molecule has 3 rings (SSSR count). The van der Waals surface area contributed by atoms with Crippen molar-refractivity contribution in [3.05, 3.63) is 77.9 Å². The summed E-state index contributed by atoms with van der Waals surface area (Å²) < 4.78 is 0. The first-order valence-corrected chi connectivity index (χ1v) is 6.81. The van der Waals surface area contributed by atoms with E-state index >= 15 is 0 Å². The molecule has 0 aliphatic carbocycles. The Balaban J connectivity index is 1.77. The fraction of sp³-hybridized carbons (Fsp3) is 0.222. The van der Waals surface area contributed by atoms with Gasteiger partial charge in [-0.05, 0) is 29.2 Å². The van der Waals surface area contributed by atoms with Crippen LogP contribution in [0.2, 0.25) is 0 Å².